The topological polar surface area (TPSA) is 37.3 Å². The lowest BCUT2D eigenvalue weighted by molar-refractivity contribution is -0.131. The number of allylic oxidation sites excluding steroid dienone is 9. The number of carboxylic acids is 1. The van der Waals surface area contributed by atoms with Gasteiger partial charge in [0.2, 0.25) is 0 Å². The van der Waals surface area contributed by atoms with E-state index >= 15 is 0 Å². The Morgan fingerprint density at radius 1 is 1.00 bits per heavy atom. The van der Waals surface area contributed by atoms with Gasteiger partial charge >= 0.3 is 5.97 Å². The van der Waals surface area contributed by atoms with Crippen LogP contribution in [-0.4, -0.2) is 11.1 Å². The standard InChI is InChI=1S/2C5H6.C4H6O2/c2*1-2-4-5-3-1;1-2-3-4(5)6/h2*1-4H,5H2;2-3H,1H3,(H,5,6). The Labute approximate surface area is 97.0 Å². The van der Waals surface area contributed by atoms with Crippen molar-refractivity contribution in [1.29, 1.82) is 0 Å². The van der Waals surface area contributed by atoms with E-state index < -0.39 is 5.97 Å². The highest BCUT2D eigenvalue weighted by molar-refractivity contribution is 5.79. The number of hydrogen-bond acceptors (Lipinski definition) is 1. The van der Waals surface area contributed by atoms with E-state index in [1.807, 2.05) is 0 Å². The predicted molar refractivity (Wildman–Crippen MR) is 68.2 cm³/mol. The van der Waals surface area contributed by atoms with E-state index in [1.165, 1.54) is 6.08 Å². The lowest BCUT2D eigenvalue weighted by Crippen LogP contribution is -1.83. The van der Waals surface area contributed by atoms with Crippen molar-refractivity contribution in [1.82, 2.24) is 0 Å². The Hall–Kier alpha value is -1.83. The minimum atomic E-state index is -0.891. The van der Waals surface area contributed by atoms with Gasteiger partial charge < -0.3 is 5.11 Å². The van der Waals surface area contributed by atoms with Gasteiger partial charge in [-0.05, 0) is 19.8 Å². The number of rotatable bonds is 1. The van der Waals surface area contributed by atoms with Crippen molar-refractivity contribution in [2.75, 3.05) is 0 Å². The van der Waals surface area contributed by atoms with E-state index in [0.29, 0.717) is 0 Å². The largest absolute Gasteiger partial charge is 0.478 e. The van der Waals surface area contributed by atoms with Gasteiger partial charge in [-0.25, -0.2) is 4.79 Å². The normalized spacial score (nSPS) is 14.6. The van der Waals surface area contributed by atoms with E-state index in [0.717, 1.165) is 18.9 Å². The van der Waals surface area contributed by atoms with Crippen LogP contribution in [0.15, 0.2) is 60.8 Å². The van der Waals surface area contributed by atoms with Gasteiger partial charge in [0.05, 0.1) is 0 Å². The zero-order valence-corrected chi connectivity index (χ0v) is 9.54. The highest BCUT2D eigenvalue weighted by atomic mass is 16.4. The molecule has 0 bridgehead atoms. The van der Waals surface area contributed by atoms with Gasteiger partial charge in [-0.3, -0.25) is 0 Å². The maximum atomic E-state index is 9.51. The first-order valence-corrected chi connectivity index (χ1v) is 5.26. The van der Waals surface area contributed by atoms with Crippen molar-refractivity contribution in [2.45, 2.75) is 19.8 Å². The second kappa shape index (κ2) is 11.2. The van der Waals surface area contributed by atoms with Crippen molar-refractivity contribution in [3.8, 4) is 0 Å². The predicted octanol–water partition coefficient (Wildman–Crippen LogP) is 3.65. The van der Waals surface area contributed by atoms with Crippen LogP contribution in [0.3, 0.4) is 0 Å². The number of carbonyl (C=O) groups is 1. The summed E-state index contributed by atoms with van der Waals surface area (Å²) in [4.78, 5) is 9.51. The minimum absolute atomic E-state index is 0.891. The molecule has 2 nitrogen and oxygen atoms in total. The van der Waals surface area contributed by atoms with Crippen LogP contribution in [0.4, 0.5) is 0 Å². The van der Waals surface area contributed by atoms with Crippen molar-refractivity contribution in [2.24, 2.45) is 0 Å². The van der Waals surface area contributed by atoms with Crippen LogP contribution in [0, 0.1) is 0 Å². The Morgan fingerprint density at radius 3 is 1.44 bits per heavy atom. The minimum Gasteiger partial charge on any atom is -0.478 e. The average molecular weight is 218 g/mol. The molecule has 0 amide bonds. The lowest BCUT2D eigenvalue weighted by atomic mass is 10.5. The molecule has 2 rings (SSSR count). The van der Waals surface area contributed by atoms with Crippen LogP contribution in [0.5, 0.6) is 0 Å². The molecule has 0 spiro atoms. The fourth-order valence-electron chi connectivity index (χ4n) is 0.928. The molecule has 0 aliphatic heterocycles. The van der Waals surface area contributed by atoms with Crippen molar-refractivity contribution < 1.29 is 9.90 Å². The number of aliphatic carboxylic acids is 1. The molecule has 1 N–H and O–H groups in total. The summed E-state index contributed by atoms with van der Waals surface area (Å²) in [5.41, 5.74) is 0. The summed E-state index contributed by atoms with van der Waals surface area (Å²) in [6.45, 7) is 1.66. The Kier molecular flexibility index (Phi) is 9.96. The molecule has 0 unspecified atom stereocenters. The van der Waals surface area contributed by atoms with Crippen molar-refractivity contribution in [3.05, 3.63) is 60.8 Å². The van der Waals surface area contributed by atoms with E-state index in [9.17, 15) is 4.79 Å². The van der Waals surface area contributed by atoms with E-state index in [2.05, 4.69) is 48.6 Å². The first-order chi connectivity index (χ1) is 7.77. The van der Waals surface area contributed by atoms with E-state index in [-0.39, 0.29) is 0 Å². The fraction of sp³-hybridized carbons (Fsp3) is 0.214. The van der Waals surface area contributed by atoms with Crippen molar-refractivity contribution >= 4 is 5.97 Å². The molecule has 2 heteroatoms. The maximum absolute atomic E-state index is 9.51. The van der Waals surface area contributed by atoms with Gasteiger partial charge in [0.1, 0.15) is 0 Å². The smallest absolute Gasteiger partial charge is 0.327 e. The summed E-state index contributed by atoms with van der Waals surface area (Å²) >= 11 is 0. The second-order valence-corrected chi connectivity index (χ2v) is 3.02. The highest BCUT2D eigenvalue weighted by Gasteiger charge is 1.76. The molecular weight excluding hydrogens is 200 g/mol. The van der Waals surface area contributed by atoms with Crippen LogP contribution in [0.1, 0.15) is 19.8 Å². The van der Waals surface area contributed by atoms with Gasteiger partial charge in [-0.2, -0.15) is 0 Å². The summed E-state index contributed by atoms with van der Waals surface area (Å²) in [5, 5.41) is 7.83. The molecule has 0 aromatic carbocycles. The van der Waals surface area contributed by atoms with Crippen molar-refractivity contribution in [3.63, 3.8) is 0 Å². The van der Waals surface area contributed by atoms with Crippen LogP contribution < -0.4 is 0 Å². The summed E-state index contributed by atoms with van der Waals surface area (Å²) in [5.74, 6) is -0.891. The monoisotopic (exact) mass is 218 g/mol. The lowest BCUT2D eigenvalue weighted by Gasteiger charge is -1.68. The maximum Gasteiger partial charge on any atom is 0.327 e. The van der Waals surface area contributed by atoms with Crippen LogP contribution in [-0.2, 0) is 4.79 Å². The second-order valence-electron chi connectivity index (χ2n) is 3.02. The van der Waals surface area contributed by atoms with Gasteiger partial charge in [0, 0.05) is 6.08 Å². The first kappa shape index (κ1) is 14.2. The third-order valence-corrected chi connectivity index (χ3v) is 1.62. The van der Waals surface area contributed by atoms with Gasteiger partial charge in [-0.15, -0.1) is 0 Å². The molecule has 0 radical (unpaired) electrons. The molecule has 0 aromatic heterocycles. The Balaban J connectivity index is 0.000000211. The molecule has 2 aliphatic carbocycles. The van der Waals surface area contributed by atoms with Crippen LogP contribution in [0.2, 0.25) is 0 Å². The molecule has 0 saturated carbocycles. The third-order valence-electron chi connectivity index (χ3n) is 1.62. The molecule has 16 heavy (non-hydrogen) atoms. The zero-order chi connectivity index (χ0) is 12.1. The molecule has 0 heterocycles. The molecule has 0 saturated heterocycles. The van der Waals surface area contributed by atoms with E-state index in [4.69, 9.17) is 5.11 Å². The summed E-state index contributed by atoms with van der Waals surface area (Å²) < 4.78 is 0. The van der Waals surface area contributed by atoms with Crippen LogP contribution in [0.25, 0.3) is 0 Å². The quantitative estimate of drug-likeness (QED) is 0.682. The van der Waals surface area contributed by atoms with Gasteiger partial charge in [0.15, 0.2) is 0 Å². The SMILES string of the molecule is C1=CCC=C1.C1=CCC=C1.CC=CC(=O)O. The third kappa shape index (κ3) is 12.2. The fourth-order valence-corrected chi connectivity index (χ4v) is 0.928. The Bertz CT molecular complexity index is 276. The van der Waals surface area contributed by atoms with Crippen LogP contribution >= 0.6 is 0 Å². The van der Waals surface area contributed by atoms with Gasteiger partial charge in [0.25, 0.3) is 0 Å². The molecule has 86 valence electrons. The highest BCUT2D eigenvalue weighted by Crippen LogP contribution is 1.93. The first-order valence-electron chi connectivity index (χ1n) is 5.26. The number of carboxylic acid groups (broad SMARTS) is 1. The van der Waals surface area contributed by atoms with E-state index in [1.54, 1.807) is 6.92 Å². The molecular formula is C14H18O2. The molecule has 0 atom stereocenters. The molecule has 0 fully saturated rings. The Morgan fingerprint density at radius 2 is 1.38 bits per heavy atom. The summed E-state index contributed by atoms with van der Waals surface area (Å²) in [6, 6.07) is 0. The summed E-state index contributed by atoms with van der Waals surface area (Å²) in [6.07, 6.45) is 21.6. The average Bonchev–Trinajstić information content (AvgIpc) is 2.98. The zero-order valence-electron chi connectivity index (χ0n) is 9.54. The number of hydrogen-bond donors (Lipinski definition) is 1. The summed E-state index contributed by atoms with van der Waals surface area (Å²) in [7, 11) is 0. The van der Waals surface area contributed by atoms with Gasteiger partial charge in [-0.1, -0.05) is 54.7 Å². The molecule has 0 aromatic rings. The molecule has 2 aliphatic rings.